The standard InChI is InChI=1S/C23H22FN2O2/c1-3-18(14-15-10-12-17(24)13-11-15)26(2)23(28)20-9-5-7-16-6-4-8-19(21(16)20)22(25)27/h4-13,18H,1,3,14H2,2H3,(H2,25,27). The summed E-state index contributed by atoms with van der Waals surface area (Å²) in [5.41, 5.74) is 7.18. The average molecular weight is 377 g/mol. The molecule has 0 fully saturated rings. The summed E-state index contributed by atoms with van der Waals surface area (Å²) in [6.07, 6.45) is 1.05. The quantitative estimate of drug-likeness (QED) is 0.706. The van der Waals surface area contributed by atoms with Crippen LogP contribution in [0.3, 0.4) is 0 Å². The molecule has 2 amide bonds. The maximum atomic E-state index is 13.3. The zero-order valence-corrected chi connectivity index (χ0v) is 15.7. The van der Waals surface area contributed by atoms with Crippen molar-refractivity contribution in [2.24, 2.45) is 5.73 Å². The van der Waals surface area contributed by atoms with E-state index in [1.165, 1.54) is 12.1 Å². The van der Waals surface area contributed by atoms with Gasteiger partial charge >= 0.3 is 0 Å². The molecule has 0 saturated carbocycles. The van der Waals surface area contributed by atoms with Gasteiger partial charge in [0.15, 0.2) is 0 Å². The number of nitrogens with two attached hydrogens (primary N) is 1. The molecule has 3 aromatic rings. The number of likely N-dealkylation sites (N-methyl/N-ethyl adjacent to an activating group) is 1. The molecule has 28 heavy (non-hydrogen) atoms. The lowest BCUT2D eigenvalue weighted by molar-refractivity contribution is 0.0733. The molecule has 3 rings (SSSR count). The van der Waals surface area contributed by atoms with Gasteiger partial charge in [0.1, 0.15) is 5.82 Å². The van der Waals surface area contributed by atoms with E-state index in [-0.39, 0.29) is 17.8 Å². The summed E-state index contributed by atoms with van der Waals surface area (Å²) in [5, 5.41) is 1.33. The van der Waals surface area contributed by atoms with Gasteiger partial charge in [-0.15, -0.1) is 0 Å². The van der Waals surface area contributed by atoms with E-state index >= 15 is 0 Å². The van der Waals surface area contributed by atoms with E-state index in [4.69, 9.17) is 5.73 Å². The zero-order chi connectivity index (χ0) is 20.3. The van der Waals surface area contributed by atoms with Gasteiger partial charge in [0.2, 0.25) is 5.91 Å². The third-order valence-corrected chi connectivity index (χ3v) is 4.99. The first-order chi connectivity index (χ1) is 13.4. The van der Waals surface area contributed by atoms with Crippen molar-refractivity contribution in [2.45, 2.75) is 18.9 Å². The summed E-state index contributed by atoms with van der Waals surface area (Å²) >= 11 is 0. The Morgan fingerprint density at radius 2 is 1.64 bits per heavy atom. The molecule has 4 nitrogen and oxygen atoms in total. The lowest BCUT2D eigenvalue weighted by Crippen LogP contribution is -2.38. The van der Waals surface area contributed by atoms with Gasteiger partial charge in [0.25, 0.3) is 5.91 Å². The van der Waals surface area contributed by atoms with Crippen LogP contribution in [0.15, 0.2) is 60.7 Å². The SMILES string of the molecule is [CH2]CC(Cc1ccc(F)cc1)N(C)C(=O)c1cccc2cccc(C(N)=O)c12. The van der Waals surface area contributed by atoms with Gasteiger partial charge in [0.05, 0.1) is 0 Å². The summed E-state index contributed by atoms with van der Waals surface area (Å²) in [7, 11) is 1.72. The largest absolute Gasteiger partial charge is 0.366 e. The maximum absolute atomic E-state index is 13.3. The molecule has 1 unspecified atom stereocenters. The van der Waals surface area contributed by atoms with Crippen molar-refractivity contribution in [1.29, 1.82) is 0 Å². The summed E-state index contributed by atoms with van der Waals surface area (Å²) in [4.78, 5) is 26.8. The Balaban J connectivity index is 1.96. The monoisotopic (exact) mass is 377 g/mol. The summed E-state index contributed by atoms with van der Waals surface area (Å²) in [6, 6.07) is 16.6. The smallest absolute Gasteiger partial charge is 0.254 e. The van der Waals surface area contributed by atoms with E-state index in [9.17, 15) is 14.0 Å². The Morgan fingerprint density at radius 1 is 1.04 bits per heavy atom. The van der Waals surface area contributed by atoms with Crippen molar-refractivity contribution in [3.05, 3.63) is 90.1 Å². The molecule has 0 aliphatic heterocycles. The van der Waals surface area contributed by atoms with Crippen LogP contribution in [-0.2, 0) is 6.42 Å². The molecule has 3 aromatic carbocycles. The van der Waals surface area contributed by atoms with Crippen LogP contribution in [0.4, 0.5) is 4.39 Å². The molecule has 143 valence electrons. The van der Waals surface area contributed by atoms with Gasteiger partial charge in [0, 0.05) is 29.6 Å². The Labute approximate surface area is 163 Å². The van der Waals surface area contributed by atoms with Crippen LogP contribution in [0.1, 0.15) is 32.7 Å². The molecule has 0 aliphatic rings. The number of amides is 2. The maximum Gasteiger partial charge on any atom is 0.254 e. The van der Waals surface area contributed by atoms with Crippen LogP contribution in [0.2, 0.25) is 0 Å². The van der Waals surface area contributed by atoms with Gasteiger partial charge < -0.3 is 10.6 Å². The third-order valence-electron chi connectivity index (χ3n) is 4.99. The third kappa shape index (κ3) is 3.88. The summed E-state index contributed by atoms with van der Waals surface area (Å²) in [5.74, 6) is -1.09. The number of carbonyl (C=O) groups excluding carboxylic acids is 2. The Morgan fingerprint density at radius 3 is 2.21 bits per heavy atom. The molecule has 0 heterocycles. The van der Waals surface area contributed by atoms with Crippen LogP contribution in [0, 0.1) is 12.7 Å². The highest BCUT2D eigenvalue weighted by Crippen LogP contribution is 2.25. The van der Waals surface area contributed by atoms with Gasteiger partial charge in [-0.05, 0) is 48.1 Å². The molecule has 0 saturated heterocycles. The van der Waals surface area contributed by atoms with Gasteiger partial charge in [-0.3, -0.25) is 9.59 Å². The number of carbonyl (C=O) groups is 2. The molecule has 0 spiro atoms. The number of primary amides is 1. The Hall–Kier alpha value is -3.21. The van der Waals surface area contributed by atoms with Crippen molar-refractivity contribution in [2.75, 3.05) is 7.05 Å². The topological polar surface area (TPSA) is 63.4 Å². The van der Waals surface area contributed by atoms with E-state index in [1.54, 1.807) is 48.3 Å². The number of rotatable bonds is 6. The Bertz CT molecular complexity index is 1010. The van der Waals surface area contributed by atoms with Crippen LogP contribution in [-0.4, -0.2) is 29.8 Å². The molecule has 2 N–H and O–H groups in total. The second kappa shape index (κ2) is 8.21. The molecule has 0 bridgehead atoms. The highest BCUT2D eigenvalue weighted by atomic mass is 19.1. The minimum absolute atomic E-state index is 0.172. The van der Waals surface area contributed by atoms with Crippen molar-refractivity contribution in [3.8, 4) is 0 Å². The number of fused-ring (bicyclic) bond motifs is 1. The molecule has 1 radical (unpaired) electrons. The fraction of sp³-hybridized carbons (Fsp3) is 0.174. The van der Waals surface area contributed by atoms with Crippen LogP contribution in [0.25, 0.3) is 10.8 Å². The second-order valence-electron chi connectivity index (χ2n) is 6.76. The predicted octanol–water partition coefficient (Wildman–Crippen LogP) is 3.99. The van der Waals surface area contributed by atoms with E-state index in [0.29, 0.717) is 29.4 Å². The zero-order valence-electron chi connectivity index (χ0n) is 15.7. The first kappa shape index (κ1) is 19.5. The predicted molar refractivity (Wildman–Crippen MR) is 108 cm³/mol. The number of hydrogen-bond donors (Lipinski definition) is 1. The lowest BCUT2D eigenvalue weighted by atomic mass is 9.96. The fourth-order valence-electron chi connectivity index (χ4n) is 3.41. The van der Waals surface area contributed by atoms with Gasteiger partial charge in [-0.2, -0.15) is 0 Å². The minimum Gasteiger partial charge on any atom is -0.366 e. The molecule has 0 aliphatic carbocycles. The van der Waals surface area contributed by atoms with E-state index < -0.39 is 5.91 Å². The van der Waals surface area contributed by atoms with Crippen molar-refractivity contribution < 1.29 is 14.0 Å². The highest BCUT2D eigenvalue weighted by Gasteiger charge is 2.23. The molecule has 5 heteroatoms. The van der Waals surface area contributed by atoms with E-state index in [0.717, 1.165) is 10.9 Å². The molecular weight excluding hydrogens is 355 g/mol. The number of hydrogen-bond acceptors (Lipinski definition) is 2. The average Bonchev–Trinajstić information content (AvgIpc) is 2.71. The first-order valence-corrected chi connectivity index (χ1v) is 9.04. The van der Waals surface area contributed by atoms with Crippen LogP contribution in [0.5, 0.6) is 0 Å². The normalized spacial score (nSPS) is 12.0. The van der Waals surface area contributed by atoms with E-state index in [2.05, 4.69) is 6.92 Å². The van der Waals surface area contributed by atoms with Gasteiger partial charge in [-0.25, -0.2) is 4.39 Å². The number of nitrogens with zero attached hydrogens (tertiary/aromatic N) is 1. The fourth-order valence-corrected chi connectivity index (χ4v) is 3.41. The lowest BCUT2D eigenvalue weighted by Gasteiger charge is -2.28. The van der Waals surface area contributed by atoms with Crippen molar-refractivity contribution >= 4 is 22.6 Å². The number of benzene rings is 3. The van der Waals surface area contributed by atoms with Crippen molar-refractivity contribution in [1.82, 2.24) is 4.90 Å². The van der Waals surface area contributed by atoms with Crippen LogP contribution >= 0.6 is 0 Å². The molecular formula is C23H22FN2O2. The second-order valence-corrected chi connectivity index (χ2v) is 6.76. The van der Waals surface area contributed by atoms with Crippen molar-refractivity contribution in [3.63, 3.8) is 0 Å². The number of halogens is 1. The van der Waals surface area contributed by atoms with Gasteiger partial charge in [-0.1, -0.05) is 43.3 Å². The highest BCUT2D eigenvalue weighted by molar-refractivity contribution is 6.15. The Kier molecular flexibility index (Phi) is 5.73. The summed E-state index contributed by atoms with van der Waals surface area (Å²) < 4.78 is 13.2. The first-order valence-electron chi connectivity index (χ1n) is 9.04. The minimum atomic E-state index is -0.575. The molecule has 0 aromatic heterocycles. The molecule has 1 atom stereocenters. The van der Waals surface area contributed by atoms with E-state index in [1.807, 2.05) is 12.1 Å². The van der Waals surface area contributed by atoms with Crippen LogP contribution < -0.4 is 5.73 Å². The summed E-state index contributed by atoms with van der Waals surface area (Å²) in [6.45, 7) is 3.96.